The Balaban J connectivity index is 1.48. The molecule has 3 aromatic rings. The second-order valence-corrected chi connectivity index (χ2v) is 8.70. The van der Waals surface area contributed by atoms with Crippen LogP contribution in [0.15, 0.2) is 40.1 Å². The van der Waals surface area contributed by atoms with Crippen molar-refractivity contribution in [2.75, 3.05) is 29.1 Å². The fourth-order valence-corrected chi connectivity index (χ4v) is 4.65. The van der Waals surface area contributed by atoms with E-state index < -0.39 is 0 Å². The summed E-state index contributed by atoms with van der Waals surface area (Å²) in [5, 5.41) is 12.6. The van der Waals surface area contributed by atoms with Crippen molar-refractivity contribution in [3.8, 4) is 0 Å². The highest BCUT2D eigenvalue weighted by molar-refractivity contribution is 7.99. The zero-order chi connectivity index (χ0) is 21.1. The molecule has 1 fully saturated rings. The van der Waals surface area contributed by atoms with Crippen molar-refractivity contribution < 1.29 is 9.21 Å². The molecule has 1 saturated heterocycles. The van der Waals surface area contributed by atoms with E-state index >= 15 is 0 Å². The number of carbonyl (C=O) groups excluding carboxylic acids is 1. The molecule has 8 heteroatoms. The Morgan fingerprint density at radius 3 is 2.57 bits per heavy atom. The maximum atomic E-state index is 12.6. The number of hydrogen-bond acceptors (Lipinski definition) is 6. The first kappa shape index (κ1) is 20.5. The lowest BCUT2D eigenvalue weighted by Crippen LogP contribution is -2.23. The summed E-state index contributed by atoms with van der Waals surface area (Å²) < 4.78 is 7.58. The Hall–Kier alpha value is -2.74. The molecule has 1 aliphatic heterocycles. The van der Waals surface area contributed by atoms with E-state index in [1.165, 1.54) is 17.3 Å². The molecule has 2 aromatic heterocycles. The lowest BCUT2D eigenvalue weighted by Gasteiger charge is -2.17. The van der Waals surface area contributed by atoms with Crippen LogP contribution in [0.4, 0.5) is 11.6 Å². The van der Waals surface area contributed by atoms with Gasteiger partial charge < -0.3 is 14.6 Å². The molecule has 0 unspecified atom stereocenters. The third-order valence-corrected chi connectivity index (χ3v) is 6.22. The van der Waals surface area contributed by atoms with Gasteiger partial charge in [-0.2, -0.15) is 0 Å². The maximum absolute atomic E-state index is 12.6. The molecule has 1 aromatic carbocycles. The molecule has 7 nitrogen and oxygen atoms in total. The van der Waals surface area contributed by atoms with Gasteiger partial charge in [0.15, 0.2) is 5.16 Å². The van der Waals surface area contributed by atoms with Gasteiger partial charge in [0.25, 0.3) is 0 Å². The molecular weight excluding hydrogens is 398 g/mol. The van der Waals surface area contributed by atoms with E-state index in [0.717, 1.165) is 59.6 Å². The number of carbonyl (C=O) groups is 1. The van der Waals surface area contributed by atoms with E-state index in [0.29, 0.717) is 6.54 Å². The molecule has 1 amide bonds. The van der Waals surface area contributed by atoms with Crippen molar-refractivity contribution in [3.63, 3.8) is 0 Å². The van der Waals surface area contributed by atoms with Crippen molar-refractivity contribution in [1.82, 2.24) is 14.8 Å². The maximum Gasteiger partial charge on any atom is 0.234 e. The van der Waals surface area contributed by atoms with Crippen molar-refractivity contribution in [2.24, 2.45) is 0 Å². The summed E-state index contributed by atoms with van der Waals surface area (Å²) in [6.07, 6.45) is 3.99. The molecule has 0 saturated carbocycles. The number of anilines is 2. The summed E-state index contributed by atoms with van der Waals surface area (Å²) in [5.41, 5.74) is 4.23. The van der Waals surface area contributed by atoms with Crippen LogP contribution in [0.2, 0.25) is 0 Å². The normalized spacial score (nSPS) is 13.8. The van der Waals surface area contributed by atoms with Gasteiger partial charge in [0, 0.05) is 18.8 Å². The van der Waals surface area contributed by atoms with Crippen molar-refractivity contribution >= 4 is 29.3 Å². The topological polar surface area (TPSA) is 76.2 Å². The van der Waals surface area contributed by atoms with Crippen LogP contribution in [0.5, 0.6) is 0 Å². The van der Waals surface area contributed by atoms with E-state index in [4.69, 9.17) is 4.42 Å². The van der Waals surface area contributed by atoms with E-state index in [-0.39, 0.29) is 11.7 Å². The monoisotopic (exact) mass is 425 g/mol. The highest BCUT2D eigenvalue weighted by Crippen LogP contribution is 2.27. The number of benzene rings is 1. The van der Waals surface area contributed by atoms with Gasteiger partial charge in [-0.25, -0.2) is 0 Å². The molecule has 158 valence electrons. The summed E-state index contributed by atoms with van der Waals surface area (Å²) in [6, 6.07) is 7.98. The van der Waals surface area contributed by atoms with Crippen molar-refractivity contribution in [1.29, 1.82) is 0 Å². The SMILES string of the molecule is Cc1cc(C)c(NC(=O)CSc2nnc(N3CCCC3)n2Cc2ccco2)c(C)c1. The first-order chi connectivity index (χ1) is 14.5. The predicted molar refractivity (Wildman–Crippen MR) is 119 cm³/mol. The third-order valence-electron chi connectivity index (χ3n) is 5.25. The Kier molecular flexibility index (Phi) is 6.13. The van der Waals surface area contributed by atoms with E-state index in [1.807, 2.05) is 30.5 Å². The number of thioether (sulfide) groups is 1. The van der Waals surface area contributed by atoms with Crippen LogP contribution in [0.25, 0.3) is 0 Å². The molecular formula is C22H27N5O2S. The van der Waals surface area contributed by atoms with Crippen LogP contribution in [0, 0.1) is 20.8 Å². The minimum absolute atomic E-state index is 0.0506. The molecule has 4 rings (SSSR count). The lowest BCUT2D eigenvalue weighted by molar-refractivity contribution is -0.113. The molecule has 0 bridgehead atoms. The fourth-order valence-electron chi connectivity index (χ4n) is 3.92. The summed E-state index contributed by atoms with van der Waals surface area (Å²) in [7, 11) is 0. The van der Waals surface area contributed by atoms with E-state index in [9.17, 15) is 4.79 Å². The molecule has 0 spiro atoms. The number of aromatic nitrogens is 3. The smallest absolute Gasteiger partial charge is 0.234 e. The highest BCUT2D eigenvalue weighted by Gasteiger charge is 2.22. The molecule has 0 radical (unpaired) electrons. The van der Waals surface area contributed by atoms with Crippen LogP contribution < -0.4 is 10.2 Å². The molecule has 30 heavy (non-hydrogen) atoms. The molecule has 1 N–H and O–H groups in total. The molecule has 1 aliphatic rings. The van der Waals surface area contributed by atoms with Crippen LogP contribution in [-0.2, 0) is 11.3 Å². The van der Waals surface area contributed by atoms with E-state index in [2.05, 4.69) is 39.5 Å². The highest BCUT2D eigenvalue weighted by atomic mass is 32.2. The second-order valence-electron chi connectivity index (χ2n) is 7.75. The summed E-state index contributed by atoms with van der Waals surface area (Å²) in [6.45, 7) is 8.61. The summed E-state index contributed by atoms with van der Waals surface area (Å²) in [5.74, 6) is 1.90. The lowest BCUT2D eigenvalue weighted by atomic mass is 10.1. The van der Waals surface area contributed by atoms with Crippen LogP contribution in [0.3, 0.4) is 0 Å². The largest absolute Gasteiger partial charge is 0.467 e. The van der Waals surface area contributed by atoms with Gasteiger partial charge in [-0.15, -0.1) is 10.2 Å². The first-order valence-corrected chi connectivity index (χ1v) is 11.2. The van der Waals surface area contributed by atoms with Crippen LogP contribution in [-0.4, -0.2) is 39.5 Å². The molecule has 0 atom stereocenters. The van der Waals surface area contributed by atoms with Crippen molar-refractivity contribution in [3.05, 3.63) is 53.0 Å². The van der Waals surface area contributed by atoms with Gasteiger partial charge in [0.2, 0.25) is 11.9 Å². The quantitative estimate of drug-likeness (QED) is 0.573. The van der Waals surface area contributed by atoms with Gasteiger partial charge >= 0.3 is 0 Å². The number of aryl methyl sites for hydroxylation is 3. The summed E-state index contributed by atoms with van der Waals surface area (Å²) in [4.78, 5) is 14.9. The van der Waals surface area contributed by atoms with Crippen molar-refractivity contribution in [2.45, 2.75) is 45.3 Å². The van der Waals surface area contributed by atoms with Gasteiger partial charge in [0.05, 0.1) is 18.6 Å². The van der Waals surface area contributed by atoms with Gasteiger partial charge in [-0.1, -0.05) is 29.5 Å². The number of nitrogens with zero attached hydrogens (tertiary/aromatic N) is 4. The third kappa shape index (κ3) is 4.53. The standard InChI is InChI=1S/C22H27N5O2S/c1-15-11-16(2)20(17(3)12-15)23-19(28)14-30-22-25-24-21(26-8-4-5-9-26)27(22)13-18-7-6-10-29-18/h6-7,10-12H,4-5,8-9,13-14H2,1-3H3,(H,23,28). The number of furan rings is 1. The predicted octanol–water partition coefficient (Wildman–Crippen LogP) is 4.18. The Morgan fingerprint density at radius 2 is 1.90 bits per heavy atom. The minimum Gasteiger partial charge on any atom is -0.467 e. The minimum atomic E-state index is -0.0506. The second kappa shape index (κ2) is 8.95. The summed E-state index contributed by atoms with van der Waals surface area (Å²) >= 11 is 1.40. The average molecular weight is 426 g/mol. The van der Waals surface area contributed by atoms with Gasteiger partial charge in [-0.3, -0.25) is 9.36 Å². The Bertz CT molecular complexity index is 999. The van der Waals surface area contributed by atoms with Gasteiger partial charge in [0.1, 0.15) is 5.76 Å². The van der Waals surface area contributed by atoms with Crippen LogP contribution in [0.1, 0.15) is 35.3 Å². The first-order valence-electron chi connectivity index (χ1n) is 10.2. The molecule has 0 aliphatic carbocycles. The zero-order valence-corrected chi connectivity index (χ0v) is 18.5. The number of rotatable bonds is 7. The number of nitrogens with one attached hydrogen (secondary N) is 1. The molecule has 3 heterocycles. The average Bonchev–Trinajstić information content (AvgIpc) is 3.45. The zero-order valence-electron chi connectivity index (χ0n) is 17.6. The number of amides is 1. The van der Waals surface area contributed by atoms with Gasteiger partial charge in [-0.05, 0) is 56.9 Å². The van der Waals surface area contributed by atoms with Crippen LogP contribution >= 0.6 is 11.8 Å². The number of hydrogen-bond donors (Lipinski definition) is 1. The Morgan fingerprint density at radius 1 is 1.17 bits per heavy atom. The van der Waals surface area contributed by atoms with E-state index in [1.54, 1.807) is 6.26 Å². The fraction of sp³-hybridized carbons (Fsp3) is 0.409. The Labute approximate surface area is 180 Å².